The van der Waals surface area contributed by atoms with E-state index in [1.54, 1.807) is 0 Å². The maximum Gasteiger partial charge on any atom is 0.321 e. The molecule has 0 heterocycles. The van der Waals surface area contributed by atoms with Gasteiger partial charge in [-0.1, -0.05) is 54.6 Å². The van der Waals surface area contributed by atoms with Crippen LogP contribution >= 0.6 is 0 Å². The van der Waals surface area contributed by atoms with Gasteiger partial charge in [0.1, 0.15) is 12.5 Å². The zero-order valence-electron chi connectivity index (χ0n) is 10.9. The van der Waals surface area contributed by atoms with Crippen molar-refractivity contribution in [3.8, 4) is 0 Å². The Morgan fingerprint density at radius 3 is 2.55 bits per heavy atom. The minimum absolute atomic E-state index is 0.0794. The van der Waals surface area contributed by atoms with Crippen molar-refractivity contribution >= 4 is 11.8 Å². The number of hydrogen-bond acceptors (Lipinski definition) is 3. The van der Waals surface area contributed by atoms with Crippen LogP contribution in [0.15, 0.2) is 54.6 Å². The fourth-order valence-electron chi connectivity index (χ4n) is 2.51. The number of rotatable bonds is 3. The molecule has 2 aromatic rings. The van der Waals surface area contributed by atoms with E-state index in [0.29, 0.717) is 6.42 Å². The van der Waals surface area contributed by atoms with Gasteiger partial charge in [0.2, 0.25) is 0 Å². The predicted octanol–water partition coefficient (Wildman–Crippen LogP) is 2.64. The lowest BCUT2D eigenvalue weighted by atomic mass is 10.0. The fraction of sp³-hybridized carbons (Fsp3) is 0.176. The lowest BCUT2D eigenvalue weighted by Crippen LogP contribution is -2.20. The van der Waals surface area contributed by atoms with E-state index >= 15 is 0 Å². The van der Waals surface area contributed by atoms with Crippen LogP contribution in [0.25, 0.3) is 0 Å². The zero-order valence-corrected chi connectivity index (χ0v) is 10.9. The number of carbonyl (C=O) groups excluding carboxylic acids is 2. The van der Waals surface area contributed by atoms with E-state index < -0.39 is 11.9 Å². The molecular formula is C17H14O3. The lowest BCUT2D eigenvalue weighted by Gasteiger charge is -2.10. The topological polar surface area (TPSA) is 43.4 Å². The molecule has 0 aliphatic heterocycles. The second-order valence-corrected chi connectivity index (χ2v) is 4.87. The third-order valence-corrected chi connectivity index (χ3v) is 3.51. The van der Waals surface area contributed by atoms with Gasteiger partial charge in [-0.15, -0.1) is 0 Å². The molecule has 3 rings (SSSR count). The van der Waals surface area contributed by atoms with E-state index in [9.17, 15) is 9.59 Å². The Morgan fingerprint density at radius 1 is 1.05 bits per heavy atom. The van der Waals surface area contributed by atoms with Gasteiger partial charge in [-0.3, -0.25) is 9.59 Å². The van der Waals surface area contributed by atoms with Crippen molar-refractivity contribution in [1.82, 2.24) is 0 Å². The van der Waals surface area contributed by atoms with Gasteiger partial charge in [0.05, 0.1) is 0 Å². The summed E-state index contributed by atoms with van der Waals surface area (Å²) in [6, 6.07) is 16.9. The van der Waals surface area contributed by atoms with Crippen LogP contribution in [-0.2, 0) is 27.4 Å². The molecule has 0 radical (unpaired) electrons. The number of fused-ring (bicyclic) bond motifs is 1. The minimum Gasteiger partial charge on any atom is -0.460 e. The molecule has 0 amide bonds. The van der Waals surface area contributed by atoms with Gasteiger partial charge in [-0.25, -0.2) is 0 Å². The van der Waals surface area contributed by atoms with Crippen molar-refractivity contribution in [3.05, 3.63) is 71.3 Å². The molecule has 0 fully saturated rings. The van der Waals surface area contributed by atoms with Crippen LogP contribution in [0.2, 0.25) is 0 Å². The van der Waals surface area contributed by atoms with Gasteiger partial charge in [-0.05, 0) is 16.7 Å². The molecule has 0 saturated heterocycles. The molecule has 3 heteroatoms. The fourth-order valence-corrected chi connectivity index (χ4v) is 2.51. The molecule has 1 atom stereocenters. The van der Waals surface area contributed by atoms with E-state index in [0.717, 1.165) is 16.7 Å². The number of ketones is 1. The van der Waals surface area contributed by atoms with Crippen LogP contribution in [0.5, 0.6) is 0 Å². The molecule has 1 unspecified atom stereocenters. The van der Waals surface area contributed by atoms with Gasteiger partial charge >= 0.3 is 5.97 Å². The average Bonchev–Trinajstić information content (AvgIpc) is 2.82. The summed E-state index contributed by atoms with van der Waals surface area (Å²) >= 11 is 0. The van der Waals surface area contributed by atoms with E-state index in [1.807, 2.05) is 54.6 Å². The Morgan fingerprint density at radius 2 is 1.75 bits per heavy atom. The van der Waals surface area contributed by atoms with E-state index in [2.05, 4.69) is 0 Å². The van der Waals surface area contributed by atoms with E-state index in [4.69, 9.17) is 4.74 Å². The second-order valence-electron chi connectivity index (χ2n) is 4.87. The Bertz CT molecular complexity index is 646. The first-order chi connectivity index (χ1) is 9.75. The predicted molar refractivity (Wildman–Crippen MR) is 74.1 cm³/mol. The molecule has 0 bridgehead atoms. The molecule has 20 heavy (non-hydrogen) atoms. The lowest BCUT2D eigenvalue weighted by molar-refractivity contribution is -0.149. The molecule has 0 spiro atoms. The van der Waals surface area contributed by atoms with Crippen LogP contribution in [0, 0.1) is 0 Å². The standard InChI is InChI=1S/C17H14O3/c18-15-10-13-8-4-5-9-14(13)16(15)17(19)20-11-12-6-2-1-3-7-12/h1-9,16H,10-11H2. The SMILES string of the molecule is O=C1Cc2ccccc2C1C(=O)OCc1ccccc1. The summed E-state index contributed by atoms with van der Waals surface area (Å²) in [6.07, 6.45) is 0.321. The zero-order chi connectivity index (χ0) is 13.9. The van der Waals surface area contributed by atoms with Crippen molar-refractivity contribution in [2.75, 3.05) is 0 Å². The van der Waals surface area contributed by atoms with Gasteiger partial charge in [0, 0.05) is 6.42 Å². The summed E-state index contributed by atoms with van der Waals surface area (Å²) in [7, 11) is 0. The second kappa shape index (κ2) is 5.29. The highest BCUT2D eigenvalue weighted by Gasteiger charge is 2.36. The average molecular weight is 266 g/mol. The maximum atomic E-state index is 12.1. The molecule has 3 nitrogen and oxygen atoms in total. The third-order valence-electron chi connectivity index (χ3n) is 3.51. The summed E-state index contributed by atoms with van der Waals surface area (Å²) < 4.78 is 5.28. The van der Waals surface area contributed by atoms with Crippen LogP contribution < -0.4 is 0 Å². The van der Waals surface area contributed by atoms with Gasteiger partial charge in [0.15, 0.2) is 5.78 Å². The van der Waals surface area contributed by atoms with Crippen molar-refractivity contribution in [3.63, 3.8) is 0 Å². The summed E-state index contributed by atoms with van der Waals surface area (Å²) in [5.74, 6) is -1.29. The quantitative estimate of drug-likeness (QED) is 0.633. The molecular weight excluding hydrogens is 252 g/mol. The molecule has 0 saturated carbocycles. The first-order valence-electron chi connectivity index (χ1n) is 6.57. The highest BCUT2D eigenvalue weighted by Crippen LogP contribution is 2.31. The largest absolute Gasteiger partial charge is 0.460 e. The Hall–Kier alpha value is -2.42. The van der Waals surface area contributed by atoms with Gasteiger partial charge in [0.25, 0.3) is 0 Å². The minimum atomic E-state index is -0.755. The highest BCUT2D eigenvalue weighted by atomic mass is 16.5. The Balaban J connectivity index is 1.73. The van der Waals surface area contributed by atoms with Crippen LogP contribution in [0.1, 0.15) is 22.6 Å². The first kappa shape index (κ1) is 12.6. The summed E-state index contributed by atoms with van der Waals surface area (Å²) in [4.78, 5) is 24.1. The van der Waals surface area contributed by atoms with Gasteiger partial charge < -0.3 is 4.74 Å². The smallest absolute Gasteiger partial charge is 0.321 e. The van der Waals surface area contributed by atoms with Crippen LogP contribution in [-0.4, -0.2) is 11.8 Å². The third kappa shape index (κ3) is 2.35. The normalized spacial score (nSPS) is 16.8. The van der Waals surface area contributed by atoms with Gasteiger partial charge in [-0.2, -0.15) is 0 Å². The summed E-state index contributed by atoms with van der Waals surface area (Å²) in [5, 5.41) is 0. The Labute approximate surface area is 117 Å². The van der Waals surface area contributed by atoms with Crippen molar-refractivity contribution < 1.29 is 14.3 Å². The molecule has 1 aliphatic rings. The Kier molecular flexibility index (Phi) is 3.33. The van der Waals surface area contributed by atoms with Crippen molar-refractivity contribution in [2.45, 2.75) is 18.9 Å². The van der Waals surface area contributed by atoms with Crippen molar-refractivity contribution in [1.29, 1.82) is 0 Å². The molecule has 0 N–H and O–H groups in total. The number of carbonyl (C=O) groups is 2. The number of hydrogen-bond donors (Lipinski definition) is 0. The molecule has 2 aromatic carbocycles. The number of benzene rings is 2. The number of ether oxygens (including phenoxy) is 1. The molecule has 0 aromatic heterocycles. The first-order valence-corrected chi connectivity index (χ1v) is 6.57. The summed E-state index contributed by atoms with van der Waals surface area (Å²) in [5.41, 5.74) is 2.63. The van der Waals surface area contributed by atoms with E-state index in [1.165, 1.54) is 0 Å². The van der Waals surface area contributed by atoms with Crippen molar-refractivity contribution in [2.24, 2.45) is 0 Å². The monoisotopic (exact) mass is 266 g/mol. The highest BCUT2D eigenvalue weighted by molar-refractivity contribution is 6.08. The molecule has 1 aliphatic carbocycles. The number of Topliss-reactive ketones (excluding diaryl/α,β-unsaturated/α-hetero) is 1. The maximum absolute atomic E-state index is 12.1. The number of esters is 1. The van der Waals surface area contributed by atoms with Crippen LogP contribution in [0.3, 0.4) is 0 Å². The summed E-state index contributed by atoms with van der Waals surface area (Å²) in [6.45, 7) is 0.200. The van der Waals surface area contributed by atoms with E-state index in [-0.39, 0.29) is 12.4 Å². The molecule has 100 valence electrons. The van der Waals surface area contributed by atoms with Crippen LogP contribution in [0.4, 0.5) is 0 Å².